The number of nitrogens with one attached hydrogen (secondary N) is 2. The highest BCUT2D eigenvalue weighted by atomic mass is 16.1. The van der Waals surface area contributed by atoms with Gasteiger partial charge in [-0.05, 0) is 49.1 Å². The van der Waals surface area contributed by atoms with Crippen LogP contribution in [-0.4, -0.2) is 15.9 Å². The smallest absolute Gasteiger partial charge is 0.270 e. The largest absolute Gasteiger partial charge is 0.350 e. The van der Waals surface area contributed by atoms with Crippen molar-refractivity contribution in [1.29, 1.82) is 0 Å². The van der Waals surface area contributed by atoms with E-state index in [0.29, 0.717) is 24.7 Å². The van der Waals surface area contributed by atoms with Gasteiger partial charge in [0.1, 0.15) is 5.69 Å². The second-order valence-corrected chi connectivity index (χ2v) is 6.61. The lowest BCUT2D eigenvalue weighted by Gasteiger charge is -2.11. The molecular formula is C22H24N4O. The Morgan fingerprint density at radius 3 is 2.07 bits per heavy atom. The Balaban J connectivity index is 1.68. The number of aromatic nitrogens is 2. The number of rotatable bonds is 6. The minimum atomic E-state index is -0.206. The molecule has 0 spiro atoms. The van der Waals surface area contributed by atoms with Gasteiger partial charge in [-0.3, -0.25) is 4.79 Å². The monoisotopic (exact) mass is 360 g/mol. The molecule has 3 rings (SSSR count). The summed E-state index contributed by atoms with van der Waals surface area (Å²) in [6, 6.07) is 17.8. The lowest BCUT2D eigenvalue weighted by atomic mass is 10.1. The van der Waals surface area contributed by atoms with Gasteiger partial charge in [-0.15, -0.1) is 0 Å². The van der Waals surface area contributed by atoms with Gasteiger partial charge < -0.3 is 10.6 Å². The molecular weight excluding hydrogens is 336 g/mol. The molecule has 0 saturated heterocycles. The van der Waals surface area contributed by atoms with Crippen LogP contribution in [0.15, 0.2) is 54.6 Å². The van der Waals surface area contributed by atoms with Crippen LogP contribution in [0.2, 0.25) is 0 Å². The molecule has 138 valence electrons. The van der Waals surface area contributed by atoms with Gasteiger partial charge in [0.05, 0.1) is 0 Å². The standard InChI is InChI=1S/C22H24N4O/c1-15-8-4-6-10-18(15)13-23-21(27)20-12-17(3)25-22(26-20)24-14-19-11-7-5-9-16(19)2/h4-12H,13-14H2,1-3H3,(H,23,27)(H,24,25,26). The summed E-state index contributed by atoms with van der Waals surface area (Å²) in [6.07, 6.45) is 0. The van der Waals surface area contributed by atoms with E-state index in [-0.39, 0.29) is 5.91 Å². The van der Waals surface area contributed by atoms with E-state index in [9.17, 15) is 4.79 Å². The van der Waals surface area contributed by atoms with E-state index in [1.807, 2.05) is 50.2 Å². The zero-order valence-corrected chi connectivity index (χ0v) is 15.9. The fourth-order valence-corrected chi connectivity index (χ4v) is 2.82. The van der Waals surface area contributed by atoms with Crippen LogP contribution in [0.25, 0.3) is 0 Å². The van der Waals surface area contributed by atoms with E-state index in [4.69, 9.17) is 0 Å². The maximum absolute atomic E-state index is 12.5. The van der Waals surface area contributed by atoms with Gasteiger partial charge in [0, 0.05) is 18.8 Å². The summed E-state index contributed by atoms with van der Waals surface area (Å²) in [5, 5.41) is 6.15. The van der Waals surface area contributed by atoms with Crippen molar-refractivity contribution in [2.24, 2.45) is 0 Å². The normalized spacial score (nSPS) is 10.5. The number of hydrogen-bond donors (Lipinski definition) is 2. The molecule has 5 heteroatoms. The molecule has 0 fully saturated rings. The van der Waals surface area contributed by atoms with Gasteiger partial charge in [-0.1, -0.05) is 48.5 Å². The van der Waals surface area contributed by atoms with Crippen LogP contribution in [0.5, 0.6) is 0 Å². The van der Waals surface area contributed by atoms with E-state index in [1.165, 1.54) is 11.1 Å². The molecule has 5 nitrogen and oxygen atoms in total. The topological polar surface area (TPSA) is 66.9 Å². The maximum Gasteiger partial charge on any atom is 0.270 e. The van der Waals surface area contributed by atoms with Crippen LogP contribution in [0.3, 0.4) is 0 Å². The Morgan fingerprint density at radius 1 is 0.852 bits per heavy atom. The summed E-state index contributed by atoms with van der Waals surface area (Å²) in [5.74, 6) is 0.252. The third-order valence-electron chi connectivity index (χ3n) is 4.49. The van der Waals surface area contributed by atoms with E-state index < -0.39 is 0 Å². The van der Waals surface area contributed by atoms with Crippen molar-refractivity contribution in [2.75, 3.05) is 5.32 Å². The van der Waals surface area contributed by atoms with E-state index in [2.05, 4.69) is 39.7 Å². The number of amides is 1. The highest BCUT2D eigenvalue weighted by molar-refractivity contribution is 5.92. The zero-order chi connectivity index (χ0) is 19.2. The van der Waals surface area contributed by atoms with Crippen LogP contribution >= 0.6 is 0 Å². The number of aryl methyl sites for hydroxylation is 3. The molecule has 0 aliphatic rings. The van der Waals surface area contributed by atoms with Crippen LogP contribution in [0, 0.1) is 20.8 Å². The van der Waals surface area contributed by atoms with Gasteiger partial charge >= 0.3 is 0 Å². The molecule has 1 heterocycles. The molecule has 0 bridgehead atoms. The fourth-order valence-electron chi connectivity index (χ4n) is 2.82. The van der Waals surface area contributed by atoms with Crippen molar-refractivity contribution in [3.63, 3.8) is 0 Å². The summed E-state index contributed by atoms with van der Waals surface area (Å²) in [6.45, 7) is 7.04. The Hall–Kier alpha value is -3.21. The molecule has 2 N–H and O–H groups in total. The average molecular weight is 360 g/mol. The molecule has 3 aromatic rings. The Bertz CT molecular complexity index is 953. The molecule has 0 saturated carbocycles. The van der Waals surface area contributed by atoms with Crippen LogP contribution in [0.4, 0.5) is 5.95 Å². The quantitative estimate of drug-likeness (QED) is 0.699. The summed E-state index contributed by atoms with van der Waals surface area (Å²) < 4.78 is 0. The minimum absolute atomic E-state index is 0.206. The van der Waals surface area contributed by atoms with Crippen LogP contribution in [-0.2, 0) is 13.1 Å². The first kappa shape index (κ1) is 18.6. The van der Waals surface area contributed by atoms with E-state index >= 15 is 0 Å². The van der Waals surface area contributed by atoms with Crippen molar-refractivity contribution in [3.05, 3.63) is 88.2 Å². The second kappa shape index (κ2) is 8.45. The van der Waals surface area contributed by atoms with Gasteiger partial charge in [0.2, 0.25) is 5.95 Å². The predicted octanol–water partition coefficient (Wildman–Crippen LogP) is 3.94. The van der Waals surface area contributed by atoms with Gasteiger partial charge in [-0.2, -0.15) is 0 Å². The van der Waals surface area contributed by atoms with E-state index in [0.717, 1.165) is 16.8 Å². The lowest BCUT2D eigenvalue weighted by Crippen LogP contribution is -2.25. The summed E-state index contributed by atoms with van der Waals surface area (Å²) in [7, 11) is 0. The lowest BCUT2D eigenvalue weighted by molar-refractivity contribution is 0.0945. The van der Waals surface area contributed by atoms with Crippen molar-refractivity contribution < 1.29 is 4.79 Å². The number of nitrogens with zero attached hydrogens (tertiary/aromatic N) is 2. The number of anilines is 1. The maximum atomic E-state index is 12.5. The molecule has 1 aromatic heterocycles. The first-order valence-corrected chi connectivity index (χ1v) is 8.99. The molecule has 0 aliphatic heterocycles. The molecule has 2 aromatic carbocycles. The number of benzene rings is 2. The van der Waals surface area contributed by atoms with Crippen LogP contribution in [0.1, 0.15) is 38.4 Å². The van der Waals surface area contributed by atoms with Gasteiger partial charge in [0.15, 0.2) is 0 Å². The highest BCUT2D eigenvalue weighted by Gasteiger charge is 2.11. The number of carbonyl (C=O) groups excluding carboxylic acids is 1. The third-order valence-corrected chi connectivity index (χ3v) is 4.49. The molecule has 0 atom stereocenters. The minimum Gasteiger partial charge on any atom is -0.350 e. The average Bonchev–Trinajstić information content (AvgIpc) is 2.66. The third kappa shape index (κ3) is 4.91. The number of carbonyl (C=O) groups is 1. The molecule has 0 aliphatic carbocycles. The van der Waals surface area contributed by atoms with E-state index in [1.54, 1.807) is 6.07 Å². The molecule has 27 heavy (non-hydrogen) atoms. The second-order valence-electron chi connectivity index (χ2n) is 6.61. The van der Waals surface area contributed by atoms with Crippen molar-refractivity contribution in [1.82, 2.24) is 15.3 Å². The summed E-state index contributed by atoms with van der Waals surface area (Å²) in [5.41, 5.74) is 5.73. The van der Waals surface area contributed by atoms with Crippen molar-refractivity contribution in [3.8, 4) is 0 Å². The Kier molecular flexibility index (Phi) is 5.81. The fraction of sp³-hybridized carbons (Fsp3) is 0.227. The van der Waals surface area contributed by atoms with Gasteiger partial charge in [-0.25, -0.2) is 9.97 Å². The zero-order valence-electron chi connectivity index (χ0n) is 15.9. The SMILES string of the molecule is Cc1cc(C(=O)NCc2ccccc2C)nc(NCc2ccccc2C)n1. The first-order valence-electron chi connectivity index (χ1n) is 8.99. The van der Waals surface area contributed by atoms with Crippen molar-refractivity contribution in [2.45, 2.75) is 33.9 Å². The Labute approximate surface area is 159 Å². The Morgan fingerprint density at radius 2 is 1.44 bits per heavy atom. The van der Waals surface area contributed by atoms with Crippen molar-refractivity contribution >= 4 is 11.9 Å². The summed E-state index contributed by atoms with van der Waals surface area (Å²) >= 11 is 0. The van der Waals surface area contributed by atoms with Gasteiger partial charge in [0.25, 0.3) is 5.91 Å². The highest BCUT2D eigenvalue weighted by Crippen LogP contribution is 2.11. The summed E-state index contributed by atoms with van der Waals surface area (Å²) in [4.78, 5) is 21.3. The van der Waals surface area contributed by atoms with Crippen LogP contribution < -0.4 is 10.6 Å². The predicted molar refractivity (Wildman–Crippen MR) is 108 cm³/mol. The number of hydrogen-bond acceptors (Lipinski definition) is 4. The molecule has 0 unspecified atom stereocenters. The molecule has 0 radical (unpaired) electrons. The first-order chi connectivity index (χ1) is 13.0. The molecule has 1 amide bonds.